The van der Waals surface area contributed by atoms with Crippen molar-refractivity contribution in [3.63, 3.8) is 0 Å². The van der Waals surface area contributed by atoms with Gasteiger partial charge in [0.2, 0.25) is 0 Å². The Hall–Kier alpha value is -3.32. The summed E-state index contributed by atoms with van der Waals surface area (Å²) in [6.45, 7) is 0.689. The van der Waals surface area contributed by atoms with Gasteiger partial charge in [0.15, 0.2) is 28.6 Å². The lowest BCUT2D eigenvalue weighted by atomic mass is 9.50. The fourth-order valence-corrected chi connectivity index (χ4v) is 6.02. The number of carbonyl (C=O) groups excluding carboxylic acids is 2. The number of likely N-dealkylation sites (N-methyl/N-ethyl adjacent to an activating group) is 1. The Balaban J connectivity index is 1.78. The molecule has 2 aromatic carbocycles. The smallest absolute Gasteiger partial charge is 0.339 e. The number of rotatable bonds is 4. The highest BCUT2D eigenvalue weighted by molar-refractivity contribution is 5.98. The zero-order valence-corrected chi connectivity index (χ0v) is 19.0. The average molecular weight is 450 g/mol. The quantitative estimate of drug-likeness (QED) is 0.719. The molecular weight excluding hydrogens is 422 g/mol. The van der Waals surface area contributed by atoms with Gasteiger partial charge in [-0.15, -0.1) is 0 Å². The third-order valence-electron chi connectivity index (χ3n) is 7.58. The number of hydrogen-bond acceptors (Lipinski definition) is 7. The zero-order valence-electron chi connectivity index (χ0n) is 19.0. The highest BCUT2D eigenvalue weighted by atomic mass is 16.6. The van der Waals surface area contributed by atoms with Gasteiger partial charge in [-0.2, -0.15) is 0 Å². The summed E-state index contributed by atoms with van der Waals surface area (Å²) >= 11 is 0. The summed E-state index contributed by atoms with van der Waals surface area (Å²) in [4.78, 5) is 28.7. The van der Waals surface area contributed by atoms with Crippen LogP contribution in [-0.2, 0) is 26.1 Å². The number of fused-ring (bicyclic) bond motifs is 1. The lowest BCUT2D eigenvalue weighted by Gasteiger charge is -2.62. The maximum atomic E-state index is 13.4. The topological polar surface area (TPSA) is 85.3 Å². The molecule has 2 aromatic rings. The molecule has 0 aromatic heterocycles. The minimum atomic E-state index is -1.21. The van der Waals surface area contributed by atoms with E-state index in [-0.39, 0.29) is 29.8 Å². The molecule has 0 radical (unpaired) electrons. The molecule has 0 saturated carbocycles. The molecule has 1 aliphatic heterocycles. The number of nitrogens with zero attached hydrogens (tertiary/aromatic N) is 1. The summed E-state index contributed by atoms with van der Waals surface area (Å²) < 4.78 is 17.3. The molecule has 3 aliphatic rings. The van der Waals surface area contributed by atoms with Crippen LogP contribution in [0, 0.1) is 0 Å². The molecule has 0 unspecified atom stereocenters. The van der Waals surface area contributed by atoms with Gasteiger partial charge in [0, 0.05) is 18.1 Å². The Morgan fingerprint density at radius 3 is 2.58 bits per heavy atom. The van der Waals surface area contributed by atoms with Gasteiger partial charge < -0.3 is 19.3 Å². The van der Waals surface area contributed by atoms with Crippen molar-refractivity contribution in [3.05, 3.63) is 71.0 Å². The fourth-order valence-electron chi connectivity index (χ4n) is 6.02. The molecule has 33 heavy (non-hydrogen) atoms. The monoisotopic (exact) mass is 449 g/mol. The summed E-state index contributed by atoms with van der Waals surface area (Å²) in [6, 6.07) is 12.2. The summed E-state index contributed by atoms with van der Waals surface area (Å²) in [6.07, 6.45) is 2.80. The standard InChI is InChI=1S/C26H27NO6/c1-27-12-11-25-14-18(28)20(32-3)15-26(25,33-24(30)16-7-5-4-6-8-16)21(27)13-17-9-10-19(31-2)23(29)22(17)25/h4-10,15,21,29H,11-14H2,1-3H3/t21-,25-,26-/m0/s1. The molecule has 1 fully saturated rings. The van der Waals surface area contributed by atoms with Gasteiger partial charge in [-0.05, 0) is 50.2 Å². The maximum Gasteiger partial charge on any atom is 0.339 e. The lowest BCUT2D eigenvalue weighted by Crippen LogP contribution is -2.73. The Kier molecular flexibility index (Phi) is 4.97. The number of likely N-dealkylation sites (tertiary alicyclic amines) is 1. The van der Waals surface area contributed by atoms with Gasteiger partial charge in [-0.1, -0.05) is 24.3 Å². The van der Waals surface area contributed by atoms with Crippen molar-refractivity contribution in [2.45, 2.75) is 36.3 Å². The van der Waals surface area contributed by atoms with E-state index in [1.54, 1.807) is 36.4 Å². The van der Waals surface area contributed by atoms with Crippen LogP contribution in [0.1, 0.15) is 34.3 Å². The molecule has 1 N–H and O–H groups in total. The number of piperidine rings is 1. The fraction of sp³-hybridized carbons (Fsp3) is 0.385. The first-order valence-corrected chi connectivity index (χ1v) is 11.0. The third-order valence-corrected chi connectivity index (χ3v) is 7.58. The second-order valence-corrected chi connectivity index (χ2v) is 9.04. The van der Waals surface area contributed by atoms with Gasteiger partial charge >= 0.3 is 5.97 Å². The normalized spacial score (nSPS) is 28.3. The van der Waals surface area contributed by atoms with Crippen LogP contribution in [0.25, 0.3) is 0 Å². The second kappa shape index (κ2) is 7.63. The Morgan fingerprint density at radius 1 is 1.12 bits per heavy atom. The summed E-state index contributed by atoms with van der Waals surface area (Å²) in [5.41, 5.74) is -0.166. The number of phenols is 1. The molecule has 0 amide bonds. The largest absolute Gasteiger partial charge is 0.504 e. The molecular formula is C26H27NO6. The summed E-state index contributed by atoms with van der Waals surface area (Å²) in [7, 11) is 4.94. The summed E-state index contributed by atoms with van der Waals surface area (Å²) in [5, 5.41) is 11.3. The van der Waals surface area contributed by atoms with Crippen LogP contribution in [0.4, 0.5) is 0 Å². The number of methoxy groups -OCH3 is 2. The first-order valence-electron chi connectivity index (χ1n) is 11.0. The molecule has 2 aliphatic carbocycles. The third kappa shape index (κ3) is 2.92. The number of hydrogen-bond donors (Lipinski definition) is 1. The molecule has 7 heteroatoms. The molecule has 0 spiro atoms. The van der Waals surface area contributed by atoms with Crippen molar-refractivity contribution in [1.82, 2.24) is 4.90 Å². The zero-order chi connectivity index (χ0) is 23.4. The number of carbonyl (C=O) groups is 2. The highest BCUT2D eigenvalue weighted by Crippen LogP contribution is 2.61. The Labute approximate surface area is 192 Å². The molecule has 172 valence electrons. The number of ether oxygens (including phenoxy) is 3. The molecule has 3 atom stereocenters. The van der Waals surface area contributed by atoms with E-state index in [1.807, 2.05) is 19.2 Å². The van der Waals surface area contributed by atoms with Gasteiger partial charge in [-0.3, -0.25) is 9.69 Å². The Bertz CT molecular complexity index is 1160. The molecule has 1 heterocycles. The van der Waals surface area contributed by atoms with Crippen molar-refractivity contribution < 1.29 is 28.9 Å². The molecule has 2 bridgehead atoms. The van der Waals surface area contributed by atoms with Crippen LogP contribution in [0.2, 0.25) is 0 Å². The number of aromatic hydroxyl groups is 1. The maximum absolute atomic E-state index is 13.4. The van der Waals surface area contributed by atoms with E-state index in [2.05, 4.69) is 4.90 Å². The van der Waals surface area contributed by atoms with Crippen molar-refractivity contribution in [1.29, 1.82) is 0 Å². The predicted molar refractivity (Wildman–Crippen MR) is 120 cm³/mol. The van der Waals surface area contributed by atoms with Gasteiger partial charge in [0.05, 0.1) is 31.2 Å². The van der Waals surface area contributed by atoms with E-state index in [4.69, 9.17) is 14.2 Å². The van der Waals surface area contributed by atoms with E-state index in [1.165, 1.54) is 14.2 Å². The molecule has 7 nitrogen and oxygen atoms in total. The van der Waals surface area contributed by atoms with Crippen LogP contribution >= 0.6 is 0 Å². The van der Waals surface area contributed by atoms with Gasteiger partial charge in [-0.25, -0.2) is 4.79 Å². The predicted octanol–water partition coefficient (Wildman–Crippen LogP) is 3.00. The van der Waals surface area contributed by atoms with Gasteiger partial charge in [0.1, 0.15) is 0 Å². The minimum Gasteiger partial charge on any atom is -0.504 e. The van der Waals surface area contributed by atoms with Crippen LogP contribution in [0.15, 0.2) is 54.3 Å². The van der Waals surface area contributed by atoms with E-state index >= 15 is 0 Å². The molecule has 1 saturated heterocycles. The average Bonchev–Trinajstić information content (AvgIpc) is 2.82. The second-order valence-electron chi connectivity index (χ2n) is 9.04. The van der Waals surface area contributed by atoms with Gasteiger partial charge in [0.25, 0.3) is 0 Å². The first kappa shape index (κ1) is 21.5. The van der Waals surface area contributed by atoms with Crippen LogP contribution in [-0.4, -0.2) is 61.2 Å². The Morgan fingerprint density at radius 2 is 1.88 bits per heavy atom. The van der Waals surface area contributed by atoms with E-state index in [0.29, 0.717) is 36.3 Å². The minimum absolute atomic E-state index is 0.000190. The van der Waals surface area contributed by atoms with Crippen molar-refractivity contribution >= 4 is 11.8 Å². The lowest BCUT2D eigenvalue weighted by molar-refractivity contribution is -0.144. The SMILES string of the molecule is COC1=C[C@]2(OC(=O)c3ccccc3)[C@@H]3Cc4ccc(OC)c(O)c4[C@]2(CCN3C)CC1=O. The number of benzene rings is 2. The van der Waals surface area contributed by atoms with E-state index < -0.39 is 17.0 Å². The molecule has 5 rings (SSSR count). The summed E-state index contributed by atoms with van der Waals surface area (Å²) in [5.74, 6) is -0.148. The van der Waals surface area contributed by atoms with Crippen LogP contribution < -0.4 is 4.74 Å². The number of ketones is 1. The van der Waals surface area contributed by atoms with Crippen molar-refractivity contribution in [2.75, 3.05) is 27.8 Å². The number of allylic oxidation sites excluding steroid dienone is 1. The van der Waals surface area contributed by atoms with Crippen LogP contribution in [0.3, 0.4) is 0 Å². The number of Topliss-reactive ketones (excluding diaryl/α,β-unsaturated/α-hetero) is 1. The number of esters is 1. The van der Waals surface area contributed by atoms with E-state index in [0.717, 1.165) is 5.56 Å². The van der Waals surface area contributed by atoms with E-state index in [9.17, 15) is 14.7 Å². The van der Waals surface area contributed by atoms with Crippen molar-refractivity contribution in [3.8, 4) is 11.5 Å². The van der Waals surface area contributed by atoms with Crippen molar-refractivity contribution in [2.24, 2.45) is 0 Å². The first-order chi connectivity index (χ1) is 15.9. The highest BCUT2D eigenvalue weighted by Gasteiger charge is 2.68. The van der Waals surface area contributed by atoms with Crippen LogP contribution in [0.5, 0.6) is 11.5 Å². The number of phenolic OH excluding ortho intramolecular Hbond substituents is 1.